The first-order valence-electron chi connectivity index (χ1n) is 4.94. The third-order valence-corrected chi connectivity index (χ3v) is 1.98. The largest absolute Gasteiger partial charge is 0.384 e. The van der Waals surface area contributed by atoms with E-state index in [-0.39, 0.29) is 23.7 Å². The Morgan fingerprint density at radius 3 is 2.82 bits per heavy atom. The van der Waals surface area contributed by atoms with E-state index < -0.39 is 10.8 Å². The molecule has 0 spiro atoms. The van der Waals surface area contributed by atoms with Crippen molar-refractivity contribution in [2.45, 2.75) is 12.8 Å². The van der Waals surface area contributed by atoms with Gasteiger partial charge in [0.2, 0.25) is 11.7 Å². The zero-order valence-corrected chi connectivity index (χ0v) is 9.05. The topological polar surface area (TPSA) is 137 Å². The van der Waals surface area contributed by atoms with Gasteiger partial charge in [-0.1, -0.05) is 0 Å². The van der Waals surface area contributed by atoms with Crippen LogP contribution in [0.15, 0.2) is 12.1 Å². The van der Waals surface area contributed by atoms with E-state index >= 15 is 0 Å². The number of hydrogen-bond donors (Lipinski definition) is 3. The van der Waals surface area contributed by atoms with Crippen LogP contribution in [0.3, 0.4) is 0 Å². The van der Waals surface area contributed by atoms with Crippen LogP contribution in [0, 0.1) is 10.1 Å². The number of primary amides is 1. The highest BCUT2D eigenvalue weighted by molar-refractivity contribution is 5.73. The summed E-state index contributed by atoms with van der Waals surface area (Å²) in [6, 6.07) is 2.63. The van der Waals surface area contributed by atoms with Gasteiger partial charge >= 0.3 is 5.69 Å². The highest BCUT2D eigenvalue weighted by Gasteiger charge is 2.14. The fourth-order valence-electron chi connectivity index (χ4n) is 1.21. The van der Waals surface area contributed by atoms with Crippen LogP contribution in [0.2, 0.25) is 0 Å². The summed E-state index contributed by atoms with van der Waals surface area (Å²) < 4.78 is 0. The van der Waals surface area contributed by atoms with Gasteiger partial charge in [-0.2, -0.15) is 0 Å². The molecule has 1 amide bonds. The van der Waals surface area contributed by atoms with E-state index in [0.29, 0.717) is 13.0 Å². The normalized spacial score (nSPS) is 9.88. The summed E-state index contributed by atoms with van der Waals surface area (Å²) in [6.07, 6.45) is 0.687. The molecule has 0 fully saturated rings. The lowest BCUT2D eigenvalue weighted by molar-refractivity contribution is -0.384. The van der Waals surface area contributed by atoms with Gasteiger partial charge in [0.15, 0.2) is 0 Å². The molecule has 92 valence electrons. The molecule has 0 unspecified atom stereocenters. The molecule has 0 bridgehead atoms. The molecule has 0 saturated carbocycles. The molecular weight excluding hydrogens is 226 g/mol. The number of nitro groups is 1. The van der Waals surface area contributed by atoms with Gasteiger partial charge in [-0.15, -0.1) is 0 Å². The van der Waals surface area contributed by atoms with Crippen LogP contribution < -0.4 is 16.8 Å². The Kier molecular flexibility index (Phi) is 4.21. The predicted octanol–water partition coefficient (Wildman–Crippen LogP) is 0.249. The van der Waals surface area contributed by atoms with Crippen LogP contribution in [0.1, 0.15) is 12.8 Å². The van der Waals surface area contributed by atoms with Crippen LogP contribution in [-0.4, -0.2) is 22.4 Å². The minimum Gasteiger partial charge on any atom is -0.384 e. The Labute approximate surface area is 97.2 Å². The van der Waals surface area contributed by atoms with Gasteiger partial charge in [0.25, 0.3) is 0 Å². The number of pyridine rings is 1. The van der Waals surface area contributed by atoms with Crippen molar-refractivity contribution in [3.05, 3.63) is 22.2 Å². The lowest BCUT2D eigenvalue weighted by Gasteiger charge is -2.05. The molecule has 1 aromatic heterocycles. The molecule has 8 heteroatoms. The van der Waals surface area contributed by atoms with Crippen molar-refractivity contribution in [2.75, 3.05) is 17.6 Å². The molecule has 0 aliphatic rings. The predicted molar refractivity (Wildman–Crippen MR) is 62.2 cm³/mol. The lowest BCUT2D eigenvalue weighted by Crippen LogP contribution is -2.13. The molecule has 0 aliphatic heterocycles. The van der Waals surface area contributed by atoms with Gasteiger partial charge in [-0.25, -0.2) is 4.98 Å². The van der Waals surface area contributed by atoms with Crippen LogP contribution in [0.5, 0.6) is 0 Å². The van der Waals surface area contributed by atoms with Gasteiger partial charge in [-0.3, -0.25) is 14.9 Å². The summed E-state index contributed by atoms with van der Waals surface area (Å²) in [6.45, 7) is 0.361. The minimum absolute atomic E-state index is 0.0967. The third-order valence-electron chi connectivity index (χ3n) is 1.98. The number of amides is 1. The lowest BCUT2D eigenvalue weighted by atomic mass is 10.3. The van der Waals surface area contributed by atoms with Crippen LogP contribution in [-0.2, 0) is 4.79 Å². The molecule has 0 atom stereocenters. The number of anilines is 2. The van der Waals surface area contributed by atoms with Crippen LogP contribution >= 0.6 is 0 Å². The summed E-state index contributed by atoms with van der Waals surface area (Å²) >= 11 is 0. The molecule has 1 aromatic rings. The van der Waals surface area contributed by atoms with Crippen molar-refractivity contribution >= 4 is 23.2 Å². The number of nitrogens with two attached hydrogens (primary N) is 2. The molecule has 17 heavy (non-hydrogen) atoms. The van der Waals surface area contributed by atoms with Crippen molar-refractivity contribution in [2.24, 2.45) is 5.73 Å². The second-order valence-corrected chi connectivity index (χ2v) is 3.36. The second kappa shape index (κ2) is 5.64. The maximum Gasteiger partial charge on any atom is 0.311 e. The zero-order chi connectivity index (χ0) is 12.8. The third kappa shape index (κ3) is 3.93. The van der Waals surface area contributed by atoms with E-state index in [0.717, 1.165) is 0 Å². The van der Waals surface area contributed by atoms with E-state index in [4.69, 9.17) is 11.5 Å². The standard InChI is InChI=1S/C9H13N5O3/c10-7-4-3-6(14(16)17)9(13-7)12-5-1-2-8(11)15/h3-4H,1-2,5H2,(H2,11,15)(H3,10,12,13). The van der Waals surface area contributed by atoms with E-state index in [2.05, 4.69) is 10.3 Å². The summed E-state index contributed by atoms with van der Waals surface area (Å²) in [5.41, 5.74) is 10.2. The van der Waals surface area contributed by atoms with E-state index in [1.165, 1.54) is 12.1 Å². The van der Waals surface area contributed by atoms with E-state index in [1.807, 2.05) is 0 Å². The highest BCUT2D eigenvalue weighted by Crippen LogP contribution is 2.22. The van der Waals surface area contributed by atoms with Gasteiger partial charge in [0, 0.05) is 19.0 Å². The molecule has 1 heterocycles. The first kappa shape index (κ1) is 12.7. The molecule has 0 aromatic carbocycles. The number of carbonyl (C=O) groups is 1. The number of nitrogens with one attached hydrogen (secondary N) is 1. The first-order chi connectivity index (χ1) is 8.00. The zero-order valence-electron chi connectivity index (χ0n) is 9.05. The Morgan fingerprint density at radius 2 is 2.24 bits per heavy atom. The molecule has 0 saturated heterocycles. The second-order valence-electron chi connectivity index (χ2n) is 3.36. The fourth-order valence-corrected chi connectivity index (χ4v) is 1.21. The van der Waals surface area contributed by atoms with Gasteiger partial charge in [-0.05, 0) is 12.5 Å². The molecule has 0 radical (unpaired) electrons. The van der Waals surface area contributed by atoms with Crippen LogP contribution in [0.25, 0.3) is 0 Å². The summed E-state index contributed by atoms with van der Waals surface area (Å²) in [5.74, 6) is -0.130. The maximum atomic E-state index is 10.7. The number of nitrogens with zero attached hydrogens (tertiary/aromatic N) is 2. The number of aromatic nitrogens is 1. The average molecular weight is 239 g/mol. The summed E-state index contributed by atoms with van der Waals surface area (Å²) in [4.78, 5) is 24.4. The Balaban J connectivity index is 2.65. The maximum absolute atomic E-state index is 10.7. The minimum atomic E-state index is -0.553. The summed E-state index contributed by atoms with van der Waals surface area (Å²) in [7, 11) is 0. The van der Waals surface area contributed by atoms with Crippen molar-refractivity contribution in [3.8, 4) is 0 Å². The molecule has 5 N–H and O–H groups in total. The molecule has 0 aliphatic carbocycles. The van der Waals surface area contributed by atoms with Crippen molar-refractivity contribution in [1.82, 2.24) is 4.98 Å². The molecule has 8 nitrogen and oxygen atoms in total. The number of hydrogen-bond acceptors (Lipinski definition) is 6. The van der Waals surface area contributed by atoms with Crippen molar-refractivity contribution < 1.29 is 9.72 Å². The Hall–Kier alpha value is -2.38. The number of rotatable bonds is 6. The van der Waals surface area contributed by atoms with Gasteiger partial charge in [0.05, 0.1) is 4.92 Å². The monoisotopic (exact) mass is 239 g/mol. The average Bonchev–Trinajstić information content (AvgIpc) is 2.23. The van der Waals surface area contributed by atoms with E-state index in [1.54, 1.807) is 0 Å². The smallest absolute Gasteiger partial charge is 0.311 e. The fraction of sp³-hybridized carbons (Fsp3) is 0.333. The van der Waals surface area contributed by atoms with E-state index in [9.17, 15) is 14.9 Å². The van der Waals surface area contributed by atoms with Gasteiger partial charge in [0.1, 0.15) is 5.82 Å². The molecular formula is C9H13N5O3. The van der Waals surface area contributed by atoms with Gasteiger partial charge < -0.3 is 16.8 Å². The summed E-state index contributed by atoms with van der Waals surface area (Å²) in [5, 5.41) is 13.4. The quantitative estimate of drug-likeness (QED) is 0.369. The SMILES string of the molecule is NC(=O)CCCNc1nc(N)ccc1[N+](=O)[O-]. The number of carbonyl (C=O) groups excluding carboxylic acids is 1. The highest BCUT2D eigenvalue weighted by atomic mass is 16.6. The van der Waals surface area contributed by atoms with Crippen LogP contribution in [0.4, 0.5) is 17.3 Å². The van der Waals surface area contributed by atoms with Crippen molar-refractivity contribution in [1.29, 1.82) is 0 Å². The Bertz CT molecular complexity index is 435. The first-order valence-corrected chi connectivity index (χ1v) is 4.94. The molecule has 1 rings (SSSR count). The number of nitrogen functional groups attached to an aromatic ring is 1. The van der Waals surface area contributed by atoms with Crippen molar-refractivity contribution in [3.63, 3.8) is 0 Å². The Morgan fingerprint density at radius 1 is 1.53 bits per heavy atom.